The van der Waals surface area contributed by atoms with Gasteiger partial charge >= 0.3 is 0 Å². The number of nitrogen functional groups attached to an aromatic ring is 1. The van der Waals surface area contributed by atoms with Gasteiger partial charge in [0.2, 0.25) is 0 Å². The van der Waals surface area contributed by atoms with Crippen LogP contribution in [0.15, 0.2) is 30.5 Å². The molecule has 0 unspecified atom stereocenters. The summed E-state index contributed by atoms with van der Waals surface area (Å²) in [5.74, 6) is 0.843. The fourth-order valence-electron chi connectivity index (χ4n) is 1.88. The number of nitrogens with two attached hydrogens (primary N) is 1. The van der Waals surface area contributed by atoms with E-state index in [0.717, 1.165) is 22.6 Å². The maximum atomic E-state index is 5.95. The second-order valence-electron chi connectivity index (χ2n) is 4.03. The van der Waals surface area contributed by atoms with E-state index in [2.05, 4.69) is 18.0 Å². The summed E-state index contributed by atoms with van der Waals surface area (Å²) in [6, 6.07) is 7.73. The Morgan fingerprint density at radius 2 is 1.94 bits per heavy atom. The summed E-state index contributed by atoms with van der Waals surface area (Å²) in [4.78, 5) is 4.32. The molecule has 0 saturated carbocycles. The first-order valence-corrected chi connectivity index (χ1v) is 5.50. The molecule has 0 saturated heterocycles. The topological polar surface area (TPSA) is 48.1 Å². The van der Waals surface area contributed by atoms with Gasteiger partial charge in [-0.15, -0.1) is 0 Å². The number of benzene rings is 1. The first kappa shape index (κ1) is 11.5. The molecule has 2 N–H and O–H groups in total. The van der Waals surface area contributed by atoms with Gasteiger partial charge in [0.05, 0.1) is 18.5 Å². The zero-order chi connectivity index (χ0) is 12.4. The van der Waals surface area contributed by atoms with Gasteiger partial charge in [-0.25, -0.2) is 0 Å². The molecular weight excluding hydrogens is 212 g/mol. The van der Waals surface area contributed by atoms with E-state index in [1.807, 2.05) is 25.1 Å². The number of rotatable bonds is 2. The molecule has 2 rings (SSSR count). The molecule has 0 aliphatic heterocycles. The molecule has 0 aliphatic carbocycles. The van der Waals surface area contributed by atoms with Crippen molar-refractivity contribution in [3.63, 3.8) is 0 Å². The van der Waals surface area contributed by atoms with Crippen molar-refractivity contribution < 1.29 is 4.74 Å². The van der Waals surface area contributed by atoms with Crippen LogP contribution in [-0.4, -0.2) is 12.1 Å². The highest BCUT2D eigenvalue weighted by atomic mass is 16.5. The minimum absolute atomic E-state index is 0.661. The van der Waals surface area contributed by atoms with Gasteiger partial charge in [0.15, 0.2) is 0 Å². The van der Waals surface area contributed by atoms with E-state index >= 15 is 0 Å². The maximum Gasteiger partial charge on any atom is 0.131 e. The number of hydrogen-bond acceptors (Lipinski definition) is 3. The van der Waals surface area contributed by atoms with Crippen molar-refractivity contribution in [3.05, 3.63) is 41.6 Å². The van der Waals surface area contributed by atoms with Crippen LogP contribution in [0.4, 0.5) is 5.69 Å². The van der Waals surface area contributed by atoms with Crippen molar-refractivity contribution in [3.8, 4) is 17.0 Å². The van der Waals surface area contributed by atoms with Crippen molar-refractivity contribution in [1.82, 2.24) is 4.98 Å². The van der Waals surface area contributed by atoms with E-state index in [0.29, 0.717) is 5.69 Å². The first-order chi connectivity index (χ1) is 8.15. The number of aryl methyl sites for hydroxylation is 1. The Bertz CT molecular complexity index is 550. The second-order valence-corrected chi connectivity index (χ2v) is 4.03. The Labute approximate surface area is 101 Å². The number of aromatic nitrogens is 1. The lowest BCUT2D eigenvalue weighted by molar-refractivity contribution is 0.413. The van der Waals surface area contributed by atoms with Gasteiger partial charge in [0.1, 0.15) is 5.75 Å². The van der Waals surface area contributed by atoms with Crippen LogP contribution in [0.2, 0.25) is 0 Å². The van der Waals surface area contributed by atoms with Gasteiger partial charge in [0.25, 0.3) is 0 Å². The molecule has 0 amide bonds. The van der Waals surface area contributed by atoms with E-state index in [1.54, 1.807) is 13.3 Å². The molecule has 2 aromatic rings. The van der Waals surface area contributed by atoms with E-state index in [9.17, 15) is 0 Å². The zero-order valence-electron chi connectivity index (χ0n) is 10.3. The van der Waals surface area contributed by atoms with E-state index < -0.39 is 0 Å². The van der Waals surface area contributed by atoms with E-state index in [1.165, 1.54) is 5.56 Å². The third kappa shape index (κ3) is 1.96. The Balaban J connectivity index is 2.68. The highest BCUT2D eigenvalue weighted by molar-refractivity contribution is 5.78. The molecule has 1 aromatic carbocycles. The number of anilines is 1. The zero-order valence-corrected chi connectivity index (χ0v) is 10.3. The molecular formula is C14H16N2O. The molecule has 1 aromatic heterocycles. The molecule has 0 fully saturated rings. The van der Waals surface area contributed by atoms with Crippen LogP contribution >= 0.6 is 0 Å². The summed E-state index contributed by atoms with van der Waals surface area (Å²) >= 11 is 0. The van der Waals surface area contributed by atoms with Crippen LogP contribution in [0, 0.1) is 13.8 Å². The van der Waals surface area contributed by atoms with E-state index in [4.69, 9.17) is 10.5 Å². The number of hydrogen-bond donors (Lipinski definition) is 1. The minimum atomic E-state index is 0.661. The number of methoxy groups -OCH3 is 1. The van der Waals surface area contributed by atoms with Crippen molar-refractivity contribution in [1.29, 1.82) is 0 Å². The Kier molecular flexibility index (Phi) is 3.00. The molecule has 1 heterocycles. The van der Waals surface area contributed by atoms with Crippen molar-refractivity contribution in [2.45, 2.75) is 13.8 Å². The van der Waals surface area contributed by atoms with Gasteiger partial charge in [-0.3, -0.25) is 4.98 Å². The van der Waals surface area contributed by atoms with Crippen molar-refractivity contribution >= 4 is 5.69 Å². The average Bonchev–Trinajstić information content (AvgIpc) is 2.33. The predicted octanol–water partition coefficient (Wildman–Crippen LogP) is 2.96. The SMILES string of the molecule is COc1c(-c2ncccc2N)ccc(C)c1C. The molecule has 3 heteroatoms. The van der Waals surface area contributed by atoms with Crippen LogP contribution in [0.1, 0.15) is 11.1 Å². The standard InChI is InChI=1S/C14H16N2O/c1-9-6-7-11(14(17-3)10(9)2)13-12(15)5-4-8-16-13/h4-8H,15H2,1-3H3. The summed E-state index contributed by atoms with van der Waals surface area (Å²) in [6.45, 7) is 4.10. The van der Waals surface area contributed by atoms with Crippen molar-refractivity contribution in [2.75, 3.05) is 12.8 Å². The second kappa shape index (κ2) is 4.45. The summed E-state index contributed by atoms with van der Waals surface area (Å²) in [6.07, 6.45) is 1.74. The van der Waals surface area contributed by atoms with Gasteiger partial charge in [-0.1, -0.05) is 6.07 Å². The monoisotopic (exact) mass is 228 g/mol. The Morgan fingerprint density at radius 1 is 1.18 bits per heavy atom. The predicted molar refractivity (Wildman–Crippen MR) is 70.1 cm³/mol. The van der Waals surface area contributed by atoms with Gasteiger partial charge in [0, 0.05) is 11.8 Å². The fourth-order valence-corrected chi connectivity index (χ4v) is 1.88. The molecule has 0 spiro atoms. The molecule has 0 aliphatic rings. The largest absolute Gasteiger partial charge is 0.496 e. The Morgan fingerprint density at radius 3 is 2.59 bits per heavy atom. The highest BCUT2D eigenvalue weighted by Gasteiger charge is 2.13. The molecule has 0 atom stereocenters. The minimum Gasteiger partial charge on any atom is -0.496 e. The average molecular weight is 228 g/mol. The molecule has 0 bridgehead atoms. The summed E-state index contributed by atoms with van der Waals surface area (Å²) in [5, 5.41) is 0. The lowest BCUT2D eigenvalue weighted by atomic mass is 10.0. The molecule has 17 heavy (non-hydrogen) atoms. The maximum absolute atomic E-state index is 5.95. The van der Waals surface area contributed by atoms with Crippen LogP contribution in [-0.2, 0) is 0 Å². The number of nitrogens with zero attached hydrogens (tertiary/aromatic N) is 1. The molecule has 3 nitrogen and oxygen atoms in total. The summed E-state index contributed by atoms with van der Waals surface area (Å²) < 4.78 is 5.47. The third-order valence-corrected chi connectivity index (χ3v) is 2.97. The highest BCUT2D eigenvalue weighted by Crippen LogP contribution is 2.35. The number of pyridine rings is 1. The lowest BCUT2D eigenvalue weighted by Gasteiger charge is -2.14. The fraction of sp³-hybridized carbons (Fsp3) is 0.214. The van der Waals surface area contributed by atoms with Crippen LogP contribution in [0.5, 0.6) is 5.75 Å². The van der Waals surface area contributed by atoms with Gasteiger partial charge < -0.3 is 10.5 Å². The van der Waals surface area contributed by atoms with Crippen LogP contribution < -0.4 is 10.5 Å². The molecule has 88 valence electrons. The smallest absolute Gasteiger partial charge is 0.131 e. The summed E-state index contributed by atoms with van der Waals surface area (Å²) in [7, 11) is 1.67. The van der Waals surface area contributed by atoms with Crippen LogP contribution in [0.25, 0.3) is 11.3 Å². The number of ether oxygens (including phenoxy) is 1. The first-order valence-electron chi connectivity index (χ1n) is 5.50. The normalized spacial score (nSPS) is 10.3. The quantitative estimate of drug-likeness (QED) is 0.859. The van der Waals surface area contributed by atoms with Crippen LogP contribution in [0.3, 0.4) is 0 Å². The van der Waals surface area contributed by atoms with Crippen molar-refractivity contribution in [2.24, 2.45) is 0 Å². The lowest BCUT2D eigenvalue weighted by Crippen LogP contribution is -1.98. The third-order valence-electron chi connectivity index (χ3n) is 2.97. The Hall–Kier alpha value is -2.03. The van der Waals surface area contributed by atoms with Gasteiger partial charge in [-0.2, -0.15) is 0 Å². The summed E-state index contributed by atoms with van der Waals surface area (Å²) in [5.41, 5.74) is 10.6. The molecule has 0 radical (unpaired) electrons. The van der Waals surface area contributed by atoms with Gasteiger partial charge in [-0.05, 0) is 43.2 Å². The van der Waals surface area contributed by atoms with E-state index in [-0.39, 0.29) is 0 Å².